The van der Waals surface area contributed by atoms with Crippen LogP contribution in [0, 0.1) is 5.92 Å². The van der Waals surface area contributed by atoms with Gasteiger partial charge in [0.15, 0.2) is 0 Å². The van der Waals surface area contributed by atoms with E-state index in [1.165, 1.54) is 22.3 Å². The van der Waals surface area contributed by atoms with Crippen molar-refractivity contribution in [3.8, 4) is 11.1 Å². The molecule has 34 heavy (non-hydrogen) atoms. The van der Waals surface area contributed by atoms with Crippen LogP contribution in [0.1, 0.15) is 43.9 Å². The van der Waals surface area contributed by atoms with Crippen LogP contribution in [-0.4, -0.2) is 35.2 Å². The SMILES string of the molecule is C=C(OCC)C1(O)OCN(C2(c3ccccc3)c3ccccc3-c3ccccc32)[C@H]1CC(C)C. The summed E-state index contributed by atoms with van der Waals surface area (Å²) in [4.78, 5) is 2.33. The van der Waals surface area contributed by atoms with E-state index >= 15 is 0 Å². The second-order valence-corrected chi connectivity index (χ2v) is 9.61. The van der Waals surface area contributed by atoms with Crippen molar-refractivity contribution < 1.29 is 14.6 Å². The maximum Gasteiger partial charge on any atom is 0.242 e. The van der Waals surface area contributed by atoms with Crippen molar-refractivity contribution in [1.29, 1.82) is 0 Å². The van der Waals surface area contributed by atoms with E-state index in [0.717, 1.165) is 12.0 Å². The average Bonchev–Trinajstić information content (AvgIpc) is 3.33. The smallest absolute Gasteiger partial charge is 0.242 e. The van der Waals surface area contributed by atoms with Gasteiger partial charge in [0.2, 0.25) is 5.79 Å². The summed E-state index contributed by atoms with van der Waals surface area (Å²) in [5.74, 6) is -1.00. The maximum absolute atomic E-state index is 11.9. The van der Waals surface area contributed by atoms with Crippen LogP contribution in [0.25, 0.3) is 11.1 Å². The normalized spacial score (nSPS) is 23.0. The predicted molar refractivity (Wildman–Crippen MR) is 135 cm³/mol. The van der Waals surface area contributed by atoms with Gasteiger partial charge >= 0.3 is 0 Å². The number of hydrogen-bond acceptors (Lipinski definition) is 4. The lowest BCUT2D eigenvalue weighted by Crippen LogP contribution is -2.55. The van der Waals surface area contributed by atoms with Crippen molar-refractivity contribution in [2.75, 3.05) is 13.3 Å². The summed E-state index contributed by atoms with van der Waals surface area (Å²) in [6.07, 6.45) is 0.724. The zero-order valence-electron chi connectivity index (χ0n) is 20.2. The highest BCUT2D eigenvalue weighted by Crippen LogP contribution is 2.57. The largest absolute Gasteiger partial charge is 0.493 e. The lowest BCUT2D eigenvalue weighted by Gasteiger charge is -2.45. The van der Waals surface area contributed by atoms with Gasteiger partial charge in [-0.25, -0.2) is 0 Å². The van der Waals surface area contributed by atoms with Gasteiger partial charge in [-0.1, -0.05) is 99.3 Å². The molecule has 0 bridgehead atoms. The Labute approximate surface area is 202 Å². The van der Waals surface area contributed by atoms with Crippen LogP contribution >= 0.6 is 0 Å². The number of benzene rings is 3. The molecule has 1 N–H and O–H groups in total. The molecule has 1 aliphatic carbocycles. The fourth-order valence-corrected chi connectivity index (χ4v) is 5.85. The molecular formula is C30H33NO3. The maximum atomic E-state index is 11.9. The second-order valence-electron chi connectivity index (χ2n) is 9.61. The molecule has 0 amide bonds. The van der Waals surface area contributed by atoms with Gasteiger partial charge in [0.25, 0.3) is 0 Å². The molecule has 1 unspecified atom stereocenters. The average molecular weight is 456 g/mol. The predicted octanol–water partition coefficient (Wildman–Crippen LogP) is 5.90. The van der Waals surface area contributed by atoms with E-state index in [4.69, 9.17) is 9.47 Å². The van der Waals surface area contributed by atoms with E-state index in [-0.39, 0.29) is 18.5 Å². The molecule has 0 aromatic heterocycles. The molecular weight excluding hydrogens is 422 g/mol. The highest BCUT2D eigenvalue weighted by molar-refractivity contribution is 5.83. The summed E-state index contributed by atoms with van der Waals surface area (Å²) >= 11 is 0. The molecule has 5 rings (SSSR count). The van der Waals surface area contributed by atoms with Crippen molar-refractivity contribution in [1.82, 2.24) is 4.90 Å². The number of rotatable bonds is 7. The van der Waals surface area contributed by atoms with Crippen molar-refractivity contribution in [2.45, 2.75) is 44.6 Å². The van der Waals surface area contributed by atoms with E-state index in [2.05, 4.69) is 98.1 Å². The van der Waals surface area contributed by atoms with Gasteiger partial charge in [0, 0.05) is 0 Å². The van der Waals surface area contributed by atoms with Crippen molar-refractivity contribution in [3.63, 3.8) is 0 Å². The Morgan fingerprint density at radius 1 is 1.00 bits per heavy atom. The van der Waals surface area contributed by atoms with Gasteiger partial charge in [-0.3, -0.25) is 4.90 Å². The second kappa shape index (κ2) is 8.70. The molecule has 0 spiro atoms. The van der Waals surface area contributed by atoms with Crippen LogP contribution in [0.2, 0.25) is 0 Å². The standard InChI is InChI=1S/C30H33NO3/c1-5-33-22(4)30(32)28(19-21(2)3)31(20-34-30)29(23-13-7-6-8-14-23)26-17-11-9-15-24(26)25-16-10-12-18-27(25)29/h6-18,21,28,32H,4-5,19-20H2,1-3H3/t28-,30?/m0/s1. The Balaban J connectivity index is 1.80. The highest BCUT2D eigenvalue weighted by atomic mass is 16.7. The van der Waals surface area contributed by atoms with Crippen molar-refractivity contribution in [3.05, 3.63) is 108 Å². The Hall–Kier alpha value is -2.92. The van der Waals surface area contributed by atoms with Crippen molar-refractivity contribution in [2.24, 2.45) is 5.92 Å². The summed E-state index contributed by atoms with van der Waals surface area (Å²) in [5, 5.41) is 11.9. The number of nitrogens with zero attached hydrogens (tertiary/aromatic N) is 1. The Morgan fingerprint density at radius 3 is 2.12 bits per heavy atom. The van der Waals surface area contributed by atoms with Gasteiger partial charge in [0.05, 0.1) is 12.6 Å². The fraction of sp³-hybridized carbons (Fsp3) is 0.333. The molecule has 1 saturated heterocycles. The molecule has 1 aliphatic heterocycles. The first-order valence-corrected chi connectivity index (χ1v) is 12.1. The molecule has 176 valence electrons. The first-order chi connectivity index (χ1) is 16.4. The third-order valence-corrected chi connectivity index (χ3v) is 7.21. The molecule has 4 nitrogen and oxygen atoms in total. The Bertz CT molecular complexity index is 1140. The highest BCUT2D eigenvalue weighted by Gasteiger charge is 2.60. The van der Waals surface area contributed by atoms with E-state index < -0.39 is 11.3 Å². The number of fused-ring (bicyclic) bond motifs is 3. The minimum atomic E-state index is -1.60. The number of aliphatic hydroxyl groups is 1. The van der Waals surface area contributed by atoms with Gasteiger partial charge in [-0.05, 0) is 47.1 Å². The van der Waals surface area contributed by atoms with E-state index in [1.54, 1.807) is 0 Å². The monoisotopic (exact) mass is 455 g/mol. The topological polar surface area (TPSA) is 41.9 Å². The molecule has 1 fully saturated rings. The molecule has 3 aromatic carbocycles. The molecule has 0 radical (unpaired) electrons. The summed E-state index contributed by atoms with van der Waals surface area (Å²) in [5.41, 5.74) is 5.35. The molecule has 4 heteroatoms. The lowest BCUT2D eigenvalue weighted by atomic mass is 9.77. The van der Waals surface area contributed by atoms with Crippen LogP contribution < -0.4 is 0 Å². The van der Waals surface area contributed by atoms with Crippen LogP contribution in [0.4, 0.5) is 0 Å². The van der Waals surface area contributed by atoms with Crippen LogP contribution in [0.15, 0.2) is 91.2 Å². The zero-order valence-corrected chi connectivity index (χ0v) is 20.2. The van der Waals surface area contributed by atoms with Crippen molar-refractivity contribution >= 4 is 0 Å². The van der Waals surface area contributed by atoms with E-state index in [1.807, 2.05) is 13.0 Å². The summed E-state index contributed by atoms with van der Waals surface area (Å²) in [6, 6.07) is 27.4. The number of hydrogen-bond donors (Lipinski definition) is 1. The first kappa shape index (κ1) is 22.9. The molecule has 1 heterocycles. The van der Waals surface area contributed by atoms with Crippen LogP contribution in [-0.2, 0) is 15.0 Å². The molecule has 2 aliphatic rings. The Kier molecular flexibility index (Phi) is 5.85. The minimum absolute atomic E-state index is 0.248. The van der Waals surface area contributed by atoms with Crippen LogP contribution in [0.5, 0.6) is 0 Å². The molecule has 2 atom stereocenters. The van der Waals surface area contributed by atoms with Gasteiger partial charge in [0.1, 0.15) is 18.0 Å². The lowest BCUT2D eigenvalue weighted by molar-refractivity contribution is -0.177. The molecule has 3 aromatic rings. The summed E-state index contributed by atoms with van der Waals surface area (Å²) in [6.45, 7) is 11.0. The molecule has 0 saturated carbocycles. The van der Waals surface area contributed by atoms with E-state index in [9.17, 15) is 5.11 Å². The summed E-state index contributed by atoms with van der Waals surface area (Å²) < 4.78 is 12.0. The minimum Gasteiger partial charge on any atom is -0.493 e. The van der Waals surface area contributed by atoms with E-state index in [0.29, 0.717) is 12.5 Å². The Morgan fingerprint density at radius 2 is 1.56 bits per heavy atom. The van der Waals surface area contributed by atoms with Gasteiger partial charge < -0.3 is 14.6 Å². The fourth-order valence-electron chi connectivity index (χ4n) is 5.85. The first-order valence-electron chi connectivity index (χ1n) is 12.1. The third-order valence-electron chi connectivity index (χ3n) is 7.21. The zero-order chi connectivity index (χ0) is 23.9. The van der Waals surface area contributed by atoms with Gasteiger partial charge in [-0.2, -0.15) is 0 Å². The quantitative estimate of drug-likeness (QED) is 0.450. The third kappa shape index (κ3) is 3.24. The number of ether oxygens (including phenoxy) is 2. The summed E-state index contributed by atoms with van der Waals surface area (Å²) in [7, 11) is 0. The van der Waals surface area contributed by atoms with Gasteiger partial charge in [-0.15, -0.1) is 0 Å². The van der Waals surface area contributed by atoms with Crippen LogP contribution in [0.3, 0.4) is 0 Å².